The maximum absolute atomic E-state index is 12.3. The number of carbonyl (C=O) groups is 1. The van der Waals surface area contributed by atoms with Crippen LogP contribution < -0.4 is 10.2 Å². The van der Waals surface area contributed by atoms with E-state index in [0.29, 0.717) is 29.0 Å². The van der Waals surface area contributed by atoms with Crippen LogP contribution >= 0.6 is 35.0 Å². The number of nitrogens with one attached hydrogen (secondary N) is 1. The van der Waals surface area contributed by atoms with Crippen LogP contribution in [0.4, 0.5) is 5.69 Å². The number of oxazole rings is 1. The van der Waals surface area contributed by atoms with Crippen LogP contribution in [0.5, 0.6) is 0 Å². The number of thioether (sulfide) groups is 1. The Morgan fingerprint density at radius 2 is 1.85 bits per heavy atom. The van der Waals surface area contributed by atoms with E-state index < -0.39 is 0 Å². The van der Waals surface area contributed by atoms with Crippen LogP contribution in [-0.2, 0) is 10.5 Å². The SMILES string of the molecule is Cc1oc(-c2ccc(Cl)cc2)nc1CSCC(=O)NCCN1CCN(c2cccc(Cl)c2)CC1. The smallest absolute Gasteiger partial charge is 0.230 e. The highest BCUT2D eigenvalue weighted by Gasteiger charge is 2.17. The summed E-state index contributed by atoms with van der Waals surface area (Å²) in [5.74, 6) is 2.41. The van der Waals surface area contributed by atoms with Gasteiger partial charge >= 0.3 is 0 Å². The molecule has 4 rings (SSSR count). The van der Waals surface area contributed by atoms with Crippen molar-refractivity contribution in [3.8, 4) is 11.5 Å². The molecule has 9 heteroatoms. The van der Waals surface area contributed by atoms with Gasteiger partial charge in [-0.3, -0.25) is 9.69 Å². The van der Waals surface area contributed by atoms with E-state index in [9.17, 15) is 4.79 Å². The van der Waals surface area contributed by atoms with Gasteiger partial charge in [0.2, 0.25) is 11.8 Å². The van der Waals surface area contributed by atoms with Crippen LogP contribution in [0, 0.1) is 6.92 Å². The van der Waals surface area contributed by atoms with Crippen LogP contribution in [-0.4, -0.2) is 60.8 Å². The van der Waals surface area contributed by atoms with E-state index in [1.54, 1.807) is 0 Å². The molecule has 6 nitrogen and oxygen atoms in total. The molecule has 0 radical (unpaired) electrons. The molecule has 2 heterocycles. The molecular formula is C25H28Cl2N4O2S. The van der Waals surface area contributed by atoms with E-state index in [1.165, 1.54) is 17.4 Å². The summed E-state index contributed by atoms with van der Waals surface area (Å²) in [4.78, 5) is 21.6. The fourth-order valence-electron chi connectivity index (χ4n) is 3.83. The van der Waals surface area contributed by atoms with Crippen LogP contribution in [0.1, 0.15) is 11.5 Å². The lowest BCUT2D eigenvalue weighted by Crippen LogP contribution is -2.48. The summed E-state index contributed by atoms with van der Waals surface area (Å²) >= 11 is 13.6. The van der Waals surface area contributed by atoms with Gasteiger partial charge in [-0.1, -0.05) is 29.3 Å². The van der Waals surface area contributed by atoms with Crippen molar-refractivity contribution in [2.45, 2.75) is 12.7 Å². The van der Waals surface area contributed by atoms with E-state index in [4.69, 9.17) is 27.6 Å². The predicted octanol–water partition coefficient (Wildman–Crippen LogP) is 5.13. The Labute approximate surface area is 214 Å². The number of amides is 1. The number of hydrogen-bond donors (Lipinski definition) is 1. The normalized spacial score (nSPS) is 14.4. The molecule has 180 valence electrons. The van der Waals surface area contributed by atoms with Crippen molar-refractivity contribution in [3.63, 3.8) is 0 Å². The highest BCUT2D eigenvalue weighted by atomic mass is 35.5. The van der Waals surface area contributed by atoms with Crippen molar-refractivity contribution in [2.24, 2.45) is 0 Å². The van der Waals surface area contributed by atoms with Crippen molar-refractivity contribution < 1.29 is 9.21 Å². The minimum Gasteiger partial charge on any atom is -0.441 e. The first-order valence-corrected chi connectivity index (χ1v) is 13.2. The predicted molar refractivity (Wildman–Crippen MR) is 141 cm³/mol. The Bertz CT molecular complexity index is 1100. The lowest BCUT2D eigenvalue weighted by Gasteiger charge is -2.36. The first-order chi connectivity index (χ1) is 16.5. The van der Waals surface area contributed by atoms with Crippen molar-refractivity contribution in [2.75, 3.05) is 49.9 Å². The van der Waals surface area contributed by atoms with Gasteiger partial charge in [0.25, 0.3) is 0 Å². The third-order valence-corrected chi connectivity index (χ3v) is 7.18. The van der Waals surface area contributed by atoms with Crippen molar-refractivity contribution in [1.82, 2.24) is 15.2 Å². The quantitative estimate of drug-likeness (QED) is 0.423. The zero-order valence-corrected chi connectivity index (χ0v) is 21.4. The van der Waals surface area contributed by atoms with Gasteiger partial charge in [0.1, 0.15) is 5.76 Å². The Hall–Kier alpha value is -2.19. The molecule has 34 heavy (non-hydrogen) atoms. The summed E-state index contributed by atoms with van der Waals surface area (Å²) < 4.78 is 5.79. The van der Waals surface area contributed by atoms with Gasteiger partial charge in [0.15, 0.2) is 0 Å². The van der Waals surface area contributed by atoms with Crippen LogP contribution in [0.3, 0.4) is 0 Å². The summed E-state index contributed by atoms with van der Waals surface area (Å²) in [6, 6.07) is 15.4. The minimum absolute atomic E-state index is 0.0432. The zero-order valence-electron chi connectivity index (χ0n) is 19.1. The number of benzene rings is 2. The monoisotopic (exact) mass is 518 g/mol. The molecular weight excluding hydrogens is 491 g/mol. The molecule has 0 atom stereocenters. The number of rotatable bonds is 9. The number of hydrogen-bond acceptors (Lipinski definition) is 6. The van der Waals surface area contributed by atoms with Gasteiger partial charge in [-0.2, -0.15) is 0 Å². The van der Waals surface area contributed by atoms with Crippen LogP contribution in [0.2, 0.25) is 10.0 Å². The lowest BCUT2D eigenvalue weighted by atomic mass is 10.2. The average Bonchev–Trinajstić information content (AvgIpc) is 3.20. The van der Waals surface area contributed by atoms with Crippen molar-refractivity contribution >= 4 is 46.6 Å². The molecule has 0 saturated carbocycles. The minimum atomic E-state index is 0.0432. The fourth-order valence-corrected chi connectivity index (χ4v) is 4.99. The topological polar surface area (TPSA) is 61.6 Å². The second kappa shape index (κ2) is 12.0. The lowest BCUT2D eigenvalue weighted by molar-refractivity contribution is -0.118. The highest BCUT2D eigenvalue weighted by molar-refractivity contribution is 7.99. The maximum Gasteiger partial charge on any atom is 0.230 e. The summed E-state index contributed by atoms with van der Waals surface area (Å²) in [5.41, 5.74) is 2.91. The van der Waals surface area contributed by atoms with E-state index in [-0.39, 0.29) is 5.91 Å². The third-order valence-electron chi connectivity index (χ3n) is 5.75. The number of aromatic nitrogens is 1. The fraction of sp³-hybridized carbons (Fsp3) is 0.360. The maximum atomic E-state index is 12.3. The molecule has 1 amide bonds. The molecule has 0 bridgehead atoms. The number of carbonyl (C=O) groups excluding carboxylic acids is 1. The number of nitrogens with zero attached hydrogens (tertiary/aromatic N) is 3. The number of halogens is 2. The van der Waals surface area contributed by atoms with Gasteiger partial charge < -0.3 is 14.6 Å². The molecule has 0 aliphatic carbocycles. The van der Waals surface area contributed by atoms with Gasteiger partial charge in [0, 0.05) is 66.3 Å². The van der Waals surface area contributed by atoms with E-state index in [2.05, 4.69) is 26.2 Å². The molecule has 3 aromatic rings. The molecule has 0 spiro atoms. The average molecular weight is 519 g/mol. The summed E-state index contributed by atoms with van der Waals surface area (Å²) in [6.07, 6.45) is 0. The first kappa shape index (κ1) is 24.9. The Morgan fingerprint density at radius 3 is 2.59 bits per heavy atom. The van der Waals surface area contributed by atoms with Crippen molar-refractivity contribution in [3.05, 3.63) is 70.0 Å². The van der Waals surface area contributed by atoms with E-state index in [0.717, 1.165) is 54.8 Å². The van der Waals surface area contributed by atoms with E-state index in [1.807, 2.05) is 49.4 Å². The van der Waals surface area contributed by atoms with Gasteiger partial charge in [-0.05, 0) is 49.4 Å². The van der Waals surface area contributed by atoms with Gasteiger partial charge in [-0.25, -0.2) is 4.98 Å². The second-order valence-corrected chi connectivity index (χ2v) is 10.0. The molecule has 1 aliphatic rings. The second-order valence-electron chi connectivity index (χ2n) is 8.18. The molecule has 1 N–H and O–H groups in total. The summed E-state index contributed by atoms with van der Waals surface area (Å²) in [6.45, 7) is 7.26. The Kier molecular flexibility index (Phi) is 8.78. The third kappa shape index (κ3) is 6.92. The molecule has 0 unspecified atom stereocenters. The number of piperazine rings is 1. The zero-order chi connectivity index (χ0) is 23.9. The number of anilines is 1. The van der Waals surface area contributed by atoms with Gasteiger partial charge in [0.05, 0.1) is 11.4 Å². The molecule has 1 aromatic heterocycles. The first-order valence-electron chi connectivity index (χ1n) is 11.3. The summed E-state index contributed by atoms with van der Waals surface area (Å²) in [7, 11) is 0. The van der Waals surface area contributed by atoms with Gasteiger partial charge in [-0.15, -0.1) is 11.8 Å². The van der Waals surface area contributed by atoms with Crippen LogP contribution in [0.25, 0.3) is 11.5 Å². The molecule has 1 fully saturated rings. The Morgan fingerprint density at radius 1 is 1.09 bits per heavy atom. The van der Waals surface area contributed by atoms with Crippen LogP contribution in [0.15, 0.2) is 52.9 Å². The number of aryl methyl sites for hydroxylation is 1. The molecule has 1 saturated heterocycles. The highest BCUT2D eigenvalue weighted by Crippen LogP contribution is 2.25. The summed E-state index contributed by atoms with van der Waals surface area (Å²) in [5, 5.41) is 4.47. The largest absolute Gasteiger partial charge is 0.441 e. The van der Waals surface area contributed by atoms with E-state index >= 15 is 0 Å². The standard InChI is InChI=1S/C25H28Cl2N4O2S/c1-18-23(29-25(33-18)19-5-7-20(26)8-6-19)16-34-17-24(32)28-9-10-30-11-13-31(14-12-30)22-4-2-3-21(27)15-22/h2-8,15H,9-14,16-17H2,1H3,(H,28,32). The van der Waals surface area contributed by atoms with Crippen molar-refractivity contribution in [1.29, 1.82) is 0 Å². The molecule has 1 aliphatic heterocycles. The molecule has 2 aromatic carbocycles. The Balaban J connectivity index is 1.13.